The summed E-state index contributed by atoms with van der Waals surface area (Å²) in [5.41, 5.74) is 4.99. The SMILES string of the molecule is N#Cc1ccc2cc1Oc1ccc3c(c1)[C@@H](CCC3)N1CCC(NCc3cncn3C2)C1=O. The van der Waals surface area contributed by atoms with Crippen molar-refractivity contribution in [3.05, 3.63) is 76.9 Å². The molecule has 3 aromatic rings. The quantitative estimate of drug-likeness (QED) is 0.578. The Kier molecular flexibility index (Phi) is 4.88. The molecule has 1 N–H and O–H groups in total. The van der Waals surface area contributed by atoms with Crippen molar-refractivity contribution in [1.29, 1.82) is 5.26 Å². The number of aromatic nitrogens is 2. The maximum Gasteiger partial charge on any atom is 0.240 e. The highest BCUT2D eigenvalue weighted by atomic mass is 16.5. The predicted octanol–water partition coefficient (Wildman–Crippen LogP) is 3.68. The number of imidazole rings is 1. The molecule has 7 nitrogen and oxygen atoms in total. The van der Waals surface area contributed by atoms with E-state index in [4.69, 9.17) is 4.74 Å². The van der Waals surface area contributed by atoms with Crippen molar-refractivity contribution in [2.45, 2.75) is 50.9 Å². The van der Waals surface area contributed by atoms with Crippen LogP contribution in [0.3, 0.4) is 0 Å². The van der Waals surface area contributed by atoms with Crippen molar-refractivity contribution in [3.8, 4) is 17.6 Å². The lowest BCUT2D eigenvalue weighted by Gasteiger charge is -2.33. The number of nitrogens with zero attached hydrogens (tertiary/aromatic N) is 4. The Morgan fingerprint density at radius 3 is 3.03 bits per heavy atom. The summed E-state index contributed by atoms with van der Waals surface area (Å²) in [6.45, 7) is 1.94. The van der Waals surface area contributed by atoms with Crippen LogP contribution >= 0.6 is 0 Å². The normalized spacial score (nSPS) is 21.8. The minimum atomic E-state index is -0.174. The van der Waals surface area contributed by atoms with Gasteiger partial charge in [0.05, 0.1) is 29.7 Å². The number of ether oxygens (including phenoxy) is 1. The van der Waals surface area contributed by atoms with Gasteiger partial charge in [0.2, 0.25) is 5.91 Å². The number of aryl methyl sites for hydroxylation is 1. The summed E-state index contributed by atoms with van der Waals surface area (Å²) in [7, 11) is 0. The second-order valence-electron chi connectivity index (χ2n) is 9.08. The smallest absolute Gasteiger partial charge is 0.240 e. The zero-order valence-electron chi connectivity index (χ0n) is 18.3. The van der Waals surface area contributed by atoms with Gasteiger partial charge in [0, 0.05) is 25.8 Å². The van der Waals surface area contributed by atoms with Gasteiger partial charge in [0.1, 0.15) is 17.6 Å². The number of carbonyl (C=O) groups excluding carboxylic acids is 1. The first kappa shape index (κ1) is 20.0. The van der Waals surface area contributed by atoms with Crippen LogP contribution < -0.4 is 10.1 Å². The molecule has 2 aliphatic heterocycles. The Bertz CT molecular complexity index is 1270. The minimum Gasteiger partial charge on any atom is -0.456 e. The van der Waals surface area contributed by atoms with Crippen LogP contribution in [-0.4, -0.2) is 32.9 Å². The third kappa shape index (κ3) is 3.57. The molecule has 1 amide bonds. The average Bonchev–Trinajstić information content (AvgIpc) is 3.43. The van der Waals surface area contributed by atoms with Crippen LogP contribution in [0.1, 0.15) is 53.3 Å². The van der Waals surface area contributed by atoms with Gasteiger partial charge in [-0.05, 0) is 66.6 Å². The van der Waals surface area contributed by atoms with Crippen LogP contribution in [0, 0.1) is 11.3 Å². The number of amides is 1. The summed E-state index contributed by atoms with van der Waals surface area (Å²) in [6, 6.07) is 14.0. The summed E-state index contributed by atoms with van der Waals surface area (Å²) >= 11 is 0. The van der Waals surface area contributed by atoms with Crippen LogP contribution in [0.2, 0.25) is 0 Å². The summed E-state index contributed by atoms with van der Waals surface area (Å²) in [4.78, 5) is 19.7. The van der Waals surface area contributed by atoms with Gasteiger partial charge >= 0.3 is 0 Å². The molecule has 2 atom stereocenters. The lowest BCUT2D eigenvalue weighted by molar-refractivity contribution is -0.131. The Hall–Kier alpha value is -3.63. The van der Waals surface area contributed by atoms with Crippen LogP contribution in [0.4, 0.5) is 0 Å². The Balaban J connectivity index is 1.46. The molecule has 6 rings (SSSR count). The molecule has 1 fully saturated rings. The maximum atomic E-state index is 13.3. The number of hydrogen-bond donors (Lipinski definition) is 1. The fourth-order valence-corrected chi connectivity index (χ4v) is 5.37. The highest BCUT2D eigenvalue weighted by Crippen LogP contribution is 2.39. The van der Waals surface area contributed by atoms with Gasteiger partial charge in [-0.15, -0.1) is 0 Å². The number of carbonyl (C=O) groups is 1. The van der Waals surface area contributed by atoms with Gasteiger partial charge in [0.15, 0.2) is 0 Å². The molecule has 1 unspecified atom stereocenters. The van der Waals surface area contributed by atoms with Crippen molar-refractivity contribution < 1.29 is 9.53 Å². The number of fused-ring (bicyclic) bond motifs is 7. The zero-order valence-corrected chi connectivity index (χ0v) is 18.3. The summed E-state index contributed by atoms with van der Waals surface area (Å²) < 4.78 is 8.33. The van der Waals surface area contributed by atoms with E-state index in [0.29, 0.717) is 30.2 Å². The van der Waals surface area contributed by atoms with E-state index >= 15 is 0 Å². The molecule has 33 heavy (non-hydrogen) atoms. The van der Waals surface area contributed by atoms with Crippen molar-refractivity contribution >= 4 is 5.91 Å². The van der Waals surface area contributed by atoms with E-state index in [1.807, 2.05) is 35.4 Å². The molecular weight excluding hydrogens is 414 g/mol. The molecular formula is C26H25N5O2. The predicted molar refractivity (Wildman–Crippen MR) is 122 cm³/mol. The molecule has 0 radical (unpaired) electrons. The first-order chi connectivity index (χ1) is 16.2. The number of nitriles is 1. The van der Waals surface area contributed by atoms with E-state index in [9.17, 15) is 10.1 Å². The summed E-state index contributed by atoms with van der Waals surface area (Å²) in [5, 5.41) is 13.1. The molecule has 1 aliphatic carbocycles. The van der Waals surface area contributed by atoms with Crippen molar-refractivity contribution in [1.82, 2.24) is 19.8 Å². The van der Waals surface area contributed by atoms with E-state index in [-0.39, 0.29) is 18.0 Å². The lowest BCUT2D eigenvalue weighted by Crippen LogP contribution is -2.40. The summed E-state index contributed by atoms with van der Waals surface area (Å²) in [6.07, 6.45) is 7.49. The summed E-state index contributed by atoms with van der Waals surface area (Å²) in [5.74, 6) is 1.42. The molecule has 1 aromatic heterocycles. The number of nitrogens with one attached hydrogen (secondary N) is 1. The Morgan fingerprint density at radius 2 is 2.12 bits per heavy atom. The topological polar surface area (TPSA) is 83.2 Å². The van der Waals surface area contributed by atoms with Gasteiger partial charge in [0.25, 0.3) is 0 Å². The molecule has 3 aliphatic rings. The lowest BCUT2D eigenvalue weighted by atomic mass is 9.86. The van der Waals surface area contributed by atoms with Gasteiger partial charge < -0.3 is 19.5 Å². The number of rotatable bonds is 0. The molecule has 166 valence electrons. The third-order valence-electron chi connectivity index (χ3n) is 7.09. The van der Waals surface area contributed by atoms with Crippen LogP contribution in [0.15, 0.2) is 48.9 Å². The van der Waals surface area contributed by atoms with Gasteiger partial charge in [-0.25, -0.2) is 4.98 Å². The van der Waals surface area contributed by atoms with Crippen molar-refractivity contribution in [2.75, 3.05) is 6.54 Å². The van der Waals surface area contributed by atoms with Crippen LogP contribution in [0.5, 0.6) is 11.5 Å². The van der Waals surface area contributed by atoms with Crippen molar-refractivity contribution in [2.24, 2.45) is 0 Å². The fraction of sp³-hybridized carbons (Fsp3) is 0.346. The van der Waals surface area contributed by atoms with Crippen LogP contribution in [-0.2, 0) is 24.3 Å². The second kappa shape index (κ2) is 8.05. The first-order valence-corrected chi connectivity index (χ1v) is 11.6. The van der Waals surface area contributed by atoms with Crippen LogP contribution in [0.25, 0.3) is 0 Å². The Labute approximate surface area is 192 Å². The number of hydrogen-bond acceptors (Lipinski definition) is 5. The highest BCUT2D eigenvalue weighted by molar-refractivity contribution is 5.84. The molecule has 7 heteroatoms. The van der Waals surface area contributed by atoms with E-state index in [2.05, 4.69) is 33.1 Å². The zero-order chi connectivity index (χ0) is 22.4. The highest BCUT2D eigenvalue weighted by Gasteiger charge is 2.38. The van der Waals surface area contributed by atoms with Gasteiger partial charge in [-0.3, -0.25) is 4.79 Å². The minimum absolute atomic E-state index is 0.0665. The van der Waals surface area contributed by atoms with Crippen molar-refractivity contribution in [3.63, 3.8) is 0 Å². The van der Waals surface area contributed by atoms with E-state index < -0.39 is 0 Å². The molecule has 3 heterocycles. The monoisotopic (exact) mass is 439 g/mol. The third-order valence-corrected chi connectivity index (χ3v) is 7.09. The number of benzene rings is 2. The maximum absolute atomic E-state index is 13.3. The second-order valence-corrected chi connectivity index (χ2v) is 9.08. The van der Waals surface area contributed by atoms with E-state index in [1.54, 1.807) is 6.33 Å². The average molecular weight is 440 g/mol. The van der Waals surface area contributed by atoms with E-state index in [1.165, 1.54) is 11.1 Å². The standard InChI is InChI=1S/C26H25N5O2/c27-12-19-5-4-17-10-25(19)33-21-7-6-18-2-1-3-24(22(18)11-21)31-9-8-23(26(31)32)29-14-20-13-28-16-30(20)15-17/h4-7,10-11,13,16,23-24,29H,1-3,8-9,14-15H2/t23?,24-/m1/s1. The molecule has 2 aromatic carbocycles. The largest absolute Gasteiger partial charge is 0.456 e. The van der Waals surface area contributed by atoms with E-state index in [0.717, 1.165) is 43.5 Å². The fourth-order valence-electron chi connectivity index (χ4n) is 5.37. The van der Waals surface area contributed by atoms with Gasteiger partial charge in [-0.1, -0.05) is 12.1 Å². The Morgan fingerprint density at radius 1 is 1.18 bits per heavy atom. The molecule has 1 saturated heterocycles. The molecule has 0 saturated carbocycles. The first-order valence-electron chi connectivity index (χ1n) is 11.6. The molecule has 6 bridgehead atoms. The van der Waals surface area contributed by atoms with Gasteiger partial charge in [-0.2, -0.15) is 5.26 Å². The molecule has 0 spiro atoms.